The molecule has 0 atom stereocenters. The molecule has 1 aromatic heterocycles. The first-order valence-corrected chi connectivity index (χ1v) is 7.01. The van der Waals surface area contributed by atoms with Crippen molar-refractivity contribution in [2.24, 2.45) is 0 Å². The molecule has 0 aliphatic heterocycles. The molecule has 22 heavy (non-hydrogen) atoms. The van der Waals surface area contributed by atoms with Gasteiger partial charge < -0.3 is 9.72 Å². The summed E-state index contributed by atoms with van der Waals surface area (Å²) in [5.41, 5.74) is 6.53. The Morgan fingerprint density at radius 1 is 1.09 bits per heavy atom. The van der Waals surface area contributed by atoms with Crippen LogP contribution in [0.3, 0.4) is 0 Å². The number of rotatable bonds is 5. The predicted octanol–water partition coefficient (Wildman–Crippen LogP) is 2.01. The van der Waals surface area contributed by atoms with Crippen LogP contribution >= 0.6 is 0 Å². The SMILES string of the molecule is CC(C)OCc1ccc(C(=O)NNC(=O)c2ccc[nH]2)cc1. The van der Waals surface area contributed by atoms with Crippen LogP contribution in [0.2, 0.25) is 0 Å². The molecule has 1 heterocycles. The molecular weight excluding hydrogens is 282 g/mol. The monoisotopic (exact) mass is 301 g/mol. The molecule has 0 saturated heterocycles. The van der Waals surface area contributed by atoms with Gasteiger partial charge in [-0.05, 0) is 43.7 Å². The van der Waals surface area contributed by atoms with Crippen molar-refractivity contribution in [3.05, 3.63) is 59.4 Å². The molecule has 0 aliphatic rings. The molecule has 0 spiro atoms. The molecule has 6 nitrogen and oxygen atoms in total. The van der Waals surface area contributed by atoms with Gasteiger partial charge in [-0.2, -0.15) is 0 Å². The van der Waals surface area contributed by atoms with Gasteiger partial charge in [0.15, 0.2) is 0 Å². The largest absolute Gasteiger partial charge is 0.374 e. The van der Waals surface area contributed by atoms with Crippen molar-refractivity contribution in [1.82, 2.24) is 15.8 Å². The van der Waals surface area contributed by atoms with E-state index in [4.69, 9.17) is 4.74 Å². The number of aromatic nitrogens is 1. The zero-order valence-corrected chi connectivity index (χ0v) is 12.6. The van der Waals surface area contributed by atoms with Gasteiger partial charge in [0.2, 0.25) is 0 Å². The molecule has 0 unspecified atom stereocenters. The van der Waals surface area contributed by atoms with Crippen LogP contribution in [0.1, 0.15) is 40.3 Å². The number of hydrogen-bond donors (Lipinski definition) is 3. The lowest BCUT2D eigenvalue weighted by molar-refractivity contribution is 0.0656. The number of hydrazine groups is 1. The van der Waals surface area contributed by atoms with E-state index < -0.39 is 5.91 Å². The number of nitrogens with one attached hydrogen (secondary N) is 3. The molecule has 3 N–H and O–H groups in total. The highest BCUT2D eigenvalue weighted by Crippen LogP contribution is 2.07. The fourth-order valence-corrected chi connectivity index (χ4v) is 1.74. The lowest BCUT2D eigenvalue weighted by Crippen LogP contribution is -2.41. The lowest BCUT2D eigenvalue weighted by atomic mass is 10.1. The van der Waals surface area contributed by atoms with E-state index in [9.17, 15) is 9.59 Å². The van der Waals surface area contributed by atoms with Crippen molar-refractivity contribution < 1.29 is 14.3 Å². The Labute approximate surface area is 128 Å². The minimum atomic E-state index is -0.402. The van der Waals surface area contributed by atoms with Crippen LogP contribution in [0.25, 0.3) is 0 Å². The fraction of sp³-hybridized carbons (Fsp3) is 0.250. The maximum Gasteiger partial charge on any atom is 0.286 e. The van der Waals surface area contributed by atoms with Crippen LogP contribution in [0.5, 0.6) is 0 Å². The molecule has 0 fully saturated rings. The maximum atomic E-state index is 11.9. The Morgan fingerprint density at radius 2 is 1.77 bits per heavy atom. The smallest absolute Gasteiger partial charge is 0.286 e. The van der Waals surface area contributed by atoms with E-state index in [1.807, 2.05) is 26.0 Å². The van der Waals surface area contributed by atoms with Crippen LogP contribution in [0.15, 0.2) is 42.6 Å². The number of carbonyl (C=O) groups excluding carboxylic acids is 2. The third-order valence-electron chi connectivity index (χ3n) is 2.93. The average molecular weight is 301 g/mol. The fourth-order valence-electron chi connectivity index (χ4n) is 1.74. The van der Waals surface area contributed by atoms with Crippen LogP contribution in [0.4, 0.5) is 0 Å². The number of aromatic amines is 1. The second kappa shape index (κ2) is 7.42. The molecule has 6 heteroatoms. The second-order valence-corrected chi connectivity index (χ2v) is 5.05. The number of ether oxygens (including phenoxy) is 1. The van der Waals surface area contributed by atoms with Crippen LogP contribution in [-0.2, 0) is 11.3 Å². The summed E-state index contributed by atoms with van der Waals surface area (Å²) >= 11 is 0. The van der Waals surface area contributed by atoms with E-state index in [2.05, 4.69) is 15.8 Å². The molecule has 1 aromatic carbocycles. The van der Waals surface area contributed by atoms with Crippen LogP contribution < -0.4 is 10.9 Å². The van der Waals surface area contributed by atoms with E-state index in [1.54, 1.807) is 30.5 Å². The summed E-state index contributed by atoms with van der Waals surface area (Å²) in [6.07, 6.45) is 1.79. The van der Waals surface area contributed by atoms with Crippen molar-refractivity contribution in [2.75, 3.05) is 0 Å². The van der Waals surface area contributed by atoms with Gasteiger partial charge in [0, 0.05) is 11.8 Å². The Balaban J connectivity index is 1.86. The number of hydrogen-bond acceptors (Lipinski definition) is 3. The Bertz CT molecular complexity index is 619. The van der Waals surface area contributed by atoms with Crippen molar-refractivity contribution in [1.29, 1.82) is 0 Å². The van der Waals surface area contributed by atoms with Gasteiger partial charge >= 0.3 is 0 Å². The summed E-state index contributed by atoms with van der Waals surface area (Å²) < 4.78 is 5.49. The normalized spacial score (nSPS) is 10.5. The molecule has 0 radical (unpaired) electrons. The molecule has 0 saturated carbocycles. The van der Waals surface area contributed by atoms with Crippen molar-refractivity contribution >= 4 is 11.8 Å². The predicted molar refractivity (Wildman–Crippen MR) is 82.1 cm³/mol. The highest BCUT2D eigenvalue weighted by Gasteiger charge is 2.09. The first kappa shape index (κ1) is 15.8. The van der Waals surface area contributed by atoms with E-state index in [1.165, 1.54) is 0 Å². The minimum absolute atomic E-state index is 0.158. The maximum absolute atomic E-state index is 11.9. The van der Waals surface area contributed by atoms with E-state index in [0.717, 1.165) is 5.56 Å². The first-order chi connectivity index (χ1) is 10.6. The van der Waals surface area contributed by atoms with Gasteiger partial charge in [-0.1, -0.05) is 12.1 Å². The Morgan fingerprint density at radius 3 is 2.36 bits per heavy atom. The molecule has 2 rings (SSSR count). The van der Waals surface area contributed by atoms with Gasteiger partial charge in [0.1, 0.15) is 5.69 Å². The molecule has 116 valence electrons. The van der Waals surface area contributed by atoms with Gasteiger partial charge in [-0.15, -0.1) is 0 Å². The number of carbonyl (C=O) groups is 2. The molecule has 0 aliphatic carbocycles. The topological polar surface area (TPSA) is 83.2 Å². The number of amides is 2. The summed E-state index contributed by atoms with van der Waals surface area (Å²) in [5.74, 6) is -0.781. The van der Waals surface area contributed by atoms with E-state index in [0.29, 0.717) is 17.9 Å². The third-order valence-corrected chi connectivity index (χ3v) is 2.93. The molecule has 2 amide bonds. The Hall–Kier alpha value is -2.60. The van der Waals surface area contributed by atoms with Crippen molar-refractivity contribution in [3.8, 4) is 0 Å². The highest BCUT2D eigenvalue weighted by atomic mass is 16.5. The van der Waals surface area contributed by atoms with Crippen LogP contribution in [0, 0.1) is 0 Å². The Kier molecular flexibility index (Phi) is 5.32. The summed E-state index contributed by atoms with van der Waals surface area (Å²) in [7, 11) is 0. The van der Waals surface area contributed by atoms with Gasteiger partial charge in [0.05, 0.1) is 12.7 Å². The summed E-state index contributed by atoms with van der Waals surface area (Å²) in [5, 5.41) is 0. The summed E-state index contributed by atoms with van der Waals surface area (Å²) in [6, 6.07) is 10.3. The number of benzene rings is 1. The zero-order chi connectivity index (χ0) is 15.9. The van der Waals surface area contributed by atoms with Crippen LogP contribution in [-0.4, -0.2) is 22.9 Å². The van der Waals surface area contributed by atoms with Crippen molar-refractivity contribution in [2.45, 2.75) is 26.6 Å². The average Bonchev–Trinajstić information content (AvgIpc) is 3.05. The summed E-state index contributed by atoms with van der Waals surface area (Å²) in [6.45, 7) is 4.44. The second-order valence-electron chi connectivity index (χ2n) is 5.05. The minimum Gasteiger partial charge on any atom is -0.374 e. The standard InChI is InChI=1S/C16H19N3O3/c1-11(2)22-10-12-5-7-13(8-6-12)15(20)18-19-16(21)14-4-3-9-17-14/h3-9,11,17H,10H2,1-2H3,(H,18,20)(H,19,21). The molecule has 0 bridgehead atoms. The quantitative estimate of drug-likeness (QED) is 0.739. The van der Waals surface area contributed by atoms with Gasteiger partial charge in [-0.25, -0.2) is 0 Å². The zero-order valence-electron chi connectivity index (χ0n) is 12.6. The van der Waals surface area contributed by atoms with Crippen molar-refractivity contribution in [3.63, 3.8) is 0 Å². The van der Waals surface area contributed by atoms with Gasteiger partial charge in [0.25, 0.3) is 11.8 Å². The van der Waals surface area contributed by atoms with E-state index >= 15 is 0 Å². The van der Waals surface area contributed by atoms with Gasteiger partial charge in [-0.3, -0.25) is 20.4 Å². The molecular formula is C16H19N3O3. The number of H-pyrrole nitrogens is 1. The third kappa shape index (κ3) is 4.46. The molecule has 2 aromatic rings. The summed E-state index contributed by atoms with van der Waals surface area (Å²) in [4.78, 5) is 26.4. The van der Waals surface area contributed by atoms with E-state index in [-0.39, 0.29) is 12.0 Å². The lowest BCUT2D eigenvalue weighted by Gasteiger charge is -2.09. The first-order valence-electron chi connectivity index (χ1n) is 7.01. The highest BCUT2D eigenvalue weighted by molar-refractivity contribution is 5.98.